The molecule has 6 nitrogen and oxygen atoms in total. The molecular formula is C13H16N4O2. The monoisotopic (exact) mass is 260 g/mol. The summed E-state index contributed by atoms with van der Waals surface area (Å²) in [7, 11) is 0. The summed E-state index contributed by atoms with van der Waals surface area (Å²) in [6, 6.07) is 5.15. The Morgan fingerprint density at radius 2 is 2.16 bits per heavy atom. The molecule has 3 N–H and O–H groups in total. The molecule has 1 heterocycles. The van der Waals surface area contributed by atoms with Crippen molar-refractivity contribution in [2.24, 2.45) is 0 Å². The van der Waals surface area contributed by atoms with Crippen molar-refractivity contribution in [1.82, 2.24) is 20.6 Å². The molecule has 2 rings (SSSR count). The highest BCUT2D eigenvalue weighted by Gasteiger charge is 2.08. The second kappa shape index (κ2) is 5.99. The molecule has 0 aliphatic heterocycles. The van der Waals surface area contributed by atoms with Crippen LogP contribution in [-0.4, -0.2) is 34.9 Å². The van der Waals surface area contributed by atoms with Gasteiger partial charge in [-0.1, -0.05) is 6.92 Å². The van der Waals surface area contributed by atoms with Crippen LogP contribution in [0.3, 0.4) is 0 Å². The quantitative estimate of drug-likeness (QED) is 0.743. The van der Waals surface area contributed by atoms with Crippen LogP contribution in [0.25, 0.3) is 11.0 Å². The number of H-pyrrole nitrogens is 1. The minimum absolute atomic E-state index is 0.0140. The molecule has 0 unspecified atom stereocenters. The first kappa shape index (κ1) is 13.1. The lowest BCUT2D eigenvalue weighted by Gasteiger charge is -2.06. The van der Waals surface area contributed by atoms with Crippen molar-refractivity contribution in [2.45, 2.75) is 13.3 Å². The van der Waals surface area contributed by atoms with Crippen molar-refractivity contribution < 1.29 is 9.59 Å². The zero-order valence-corrected chi connectivity index (χ0v) is 10.7. The Kier molecular flexibility index (Phi) is 4.12. The number of hydrogen-bond donors (Lipinski definition) is 3. The van der Waals surface area contributed by atoms with Gasteiger partial charge in [-0.05, 0) is 24.6 Å². The number of carbonyl (C=O) groups is 2. The maximum atomic E-state index is 11.9. The maximum Gasteiger partial charge on any atom is 0.251 e. The first-order valence-corrected chi connectivity index (χ1v) is 6.18. The maximum absolute atomic E-state index is 11.9. The van der Waals surface area contributed by atoms with Crippen LogP contribution in [0.15, 0.2) is 24.5 Å². The summed E-state index contributed by atoms with van der Waals surface area (Å²) in [6.45, 7) is 2.58. The molecule has 0 atom stereocenters. The lowest BCUT2D eigenvalue weighted by atomic mass is 10.2. The fourth-order valence-corrected chi connectivity index (χ4v) is 1.67. The third-order valence-electron chi connectivity index (χ3n) is 2.66. The van der Waals surface area contributed by atoms with E-state index in [1.165, 1.54) is 0 Å². The average molecular weight is 260 g/mol. The van der Waals surface area contributed by atoms with E-state index < -0.39 is 0 Å². The van der Waals surface area contributed by atoms with E-state index in [1.807, 2.05) is 6.92 Å². The molecule has 0 bridgehead atoms. The summed E-state index contributed by atoms with van der Waals surface area (Å²) in [5.41, 5.74) is 2.10. The highest BCUT2D eigenvalue weighted by atomic mass is 16.2. The fraction of sp³-hybridized carbons (Fsp3) is 0.308. The number of rotatable bonds is 5. The van der Waals surface area contributed by atoms with Gasteiger partial charge >= 0.3 is 0 Å². The van der Waals surface area contributed by atoms with E-state index in [1.54, 1.807) is 24.5 Å². The Morgan fingerprint density at radius 1 is 1.32 bits per heavy atom. The molecule has 0 aliphatic carbocycles. The first-order chi connectivity index (χ1) is 9.20. The lowest BCUT2D eigenvalue weighted by molar-refractivity contribution is -0.120. The van der Waals surface area contributed by atoms with E-state index in [4.69, 9.17) is 0 Å². The van der Waals surface area contributed by atoms with Gasteiger partial charge in [0, 0.05) is 12.1 Å². The molecule has 0 spiro atoms. The van der Waals surface area contributed by atoms with E-state index in [0.717, 1.165) is 17.5 Å². The van der Waals surface area contributed by atoms with Gasteiger partial charge in [-0.3, -0.25) is 9.59 Å². The number of fused-ring (bicyclic) bond motifs is 1. The van der Waals surface area contributed by atoms with Crippen molar-refractivity contribution in [3.63, 3.8) is 0 Å². The third kappa shape index (κ3) is 3.31. The van der Waals surface area contributed by atoms with Gasteiger partial charge < -0.3 is 15.6 Å². The standard InChI is InChI=1S/C13H16N4O2/c1-2-5-14-12(18)7-15-13(19)9-3-4-10-11(6-9)17-8-16-10/h3-4,6,8H,2,5,7H2,1H3,(H,14,18)(H,15,19)(H,16,17). The number of aromatic amines is 1. The van der Waals surface area contributed by atoms with Gasteiger partial charge in [0.05, 0.1) is 23.9 Å². The number of nitrogens with zero attached hydrogens (tertiary/aromatic N) is 1. The molecule has 0 radical (unpaired) electrons. The summed E-state index contributed by atoms with van der Waals surface area (Å²) in [6.07, 6.45) is 2.45. The van der Waals surface area contributed by atoms with Crippen LogP contribution in [0.4, 0.5) is 0 Å². The van der Waals surface area contributed by atoms with E-state index in [0.29, 0.717) is 12.1 Å². The second-order valence-electron chi connectivity index (χ2n) is 4.17. The molecule has 0 fully saturated rings. The van der Waals surface area contributed by atoms with Crippen molar-refractivity contribution in [1.29, 1.82) is 0 Å². The smallest absolute Gasteiger partial charge is 0.251 e. The van der Waals surface area contributed by atoms with Gasteiger partial charge in [-0.25, -0.2) is 4.98 Å². The van der Waals surface area contributed by atoms with Crippen LogP contribution in [0.5, 0.6) is 0 Å². The van der Waals surface area contributed by atoms with Gasteiger partial charge in [0.15, 0.2) is 0 Å². The Balaban J connectivity index is 1.94. The van der Waals surface area contributed by atoms with E-state index in [2.05, 4.69) is 20.6 Å². The number of carbonyl (C=O) groups excluding carboxylic acids is 2. The summed E-state index contributed by atoms with van der Waals surface area (Å²) in [4.78, 5) is 30.2. The van der Waals surface area contributed by atoms with Crippen LogP contribution < -0.4 is 10.6 Å². The van der Waals surface area contributed by atoms with Gasteiger partial charge in [0.1, 0.15) is 0 Å². The van der Waals surface area contributed by atoms with Gasteiger partial charge in [-0.2, -0.15) is 0 Å². The number of aromatic nitrogens is 2. The second-order valence-corrected chi connectivity index (χ2v) is 4.17. The van der Waals surface area contributed by atoms with Crippen molar-refractivity contribution in [3.05, 3.63) is 30.1 Å². The number of amides is 2. The van der Waals surface area contributed by atoms with E-state index >= 15 is 0 Å². The zero-order valence-electron chi connectivity index (χ0n) is 10.7. The zero-order chi connectivity index (χ0) is 13.7. The minimum Gasteiger partial charge on any atom is -0.355 e. The Bertz CT molecular complexity index is 591. The van der Waals surface area contributed by atoms with Gasteiger partial charge in [0.2, 0.25) is 5.91 Å². The normalized spacial score (nSPS) is 10.4. The molecule has 2 amide bonds. The average Bonchev–Trinajstić information content (AvgIpc) is 2.89. The molecule has 6 heteroatoms. The molecule has 0 aliphatic rings. The van der Waals surface area contributed by atoms with Crippen molar-refractivity contribution in [3.8, 4) is 0 Å². The predicted molar refractivity (Wildman–Crippen MR) is 71.7 cm³/mol. The van der Waals surface area contributed by atoms with Crippen molar-refractivity contribution >= 4 is 22.8 Å². The number of imidazole rings is 1. The Hall–Kier alpha value is -2.37. The van der Waals surface area contributed by atoms with Crippen LogP contribution in [0, 0.1) is 0 Å². The van der Waals surface area contributed by atoms with E-state index in [9.17, 15) is 9.59 Å². The number of hydrogen-bond acceptors (Lipinski definition) is 3. The van der Waals surface area contributed by atoms with Crippen LogP contribution in [-0.2, 0) is 4.79 Å². The molecule has 1 aromatic heterocycles. The summed E-state index contributed by atoms with van der Waals surface area (Å²) < 4.78 is 0. The highest BCUT2D eigenvalue weighted by molar-refractivity contribution is 5.98. The molecule has 0 saturated carbocycles. The number of nitrogens with one attached hydrogen (secondary N) is 3. The van der Waals surface area contributed by atoms with Gasteiger partial charge in [0.25, 0.3) is 5.91 Å². The minimum atomic E-state index is -0.275. The fourth-order valence-electron chi connectivity index (χ4n) is 1.67. The molecule has 19 heavy (non-hydrogen) atoms. The topological polar surface area (TPSA) is 86.9 Å². The molecule has 1 aromatic carbocycles. The SMILES string of the molecule is CCCNC(=O)CNC(=O)c1ccc2nc[nH]c2c1. The molecule has 2 aromatic rings. The molecular weight excluding hydrogens is 244 g/mol. The largest absolute Gasteiger partial charge is 0.355 e. The summed E-state index contributed by atoms with van der Waals surface area (Å²) in [5.74, 6) is -0.457. The van der Waals surface area contributed by atoms with Crippen LogP contribution in [0.1, 0.15) is 23.7 Å². The van der Waals surface area contributed by atoms with Crippen LogP contribution >= 0.6 is 0 Å². The highest BCUT2D eigenvalue weighted by Crippen LogP contribution is 2.11. The Labute approximate surface area is 110 Å². The third-order valence-corrected chi connectivity index (χ3v) is 2.66. The number of benzene rings is 1. The summed E-state index contributed by atoms with van der Waals surface area (Å²) >= 11 is 0. The van der Waals surface area contributed by atoms with Crippen molar-refractivity contribution in [2.75, 3.05) is 13.1 Å². The van der Waals surface area contributed by atoms with Gasteiger partial charge in [-0.15, -0.1) is 0 Å². The molecule has 100 valence electrons. The lowest BCUT2D eigenvalue weighted by Crippen LogP contribution is -2.37. The van der Waals surface area contributed by atoms with Crippen LogP contribution in [0.2, 0.25) is 0 Å². The first-order valence-electron chi connectivity index (χ1n) is 6.18. The Morgan fingerprint density at radius 3 is 2.95 bits per heavy atom. The summed E-state index contributed by atoms with van der Waals surface area (Å²) in [5, 5.41) is 5.27. The molecule has 0 saturated heterocycles. The van der Waals surface area contributed by atoms with E-state index in [-0.39, 0.29) is 18.4 Å². The predicted octanol–water partition coefficient (Wildman–Crippen LogP) is 0.819.